The second-order valence-corrected chi connectivity index (χ2v) is 5.10. The van der Waals surface area contributed by atoms with E-state index < -0.39 is 0 Å². The Balaban J connectivity index is 2.32. The summed E-state index contributed by atoms with van der Waals surface area (Å²) < 4.78 is 1.81. The van der Waals surface area contributed by atoms with Crippen molar-refractivity contribution < 1.29 is 0 Å². The molecule has 19 heavy (non-hydrogen) atoms. The van der Waals surface area contributed by atoms with E-state index in [-0.39, 0.29) is 6.04 Å². The lowest BCUT2D eigenvalue weighted by atomic mass is 10.1. The molecule has 0 fully saturated rings. The molecule has 1 aromatic heterocycles. The third-order valence-corrected chi connectivity index (χ3v) is 3.53. The van der Waals surface area contributed by atoms with Crippen LogP contribution in [0.4, 0.5) is 5.69 Å². The quantitative estimate of drug-likeness (QED) is 0.914. The summed E-state index contributed by atoms with van der Waals surface area (Å²) in [6.07, 6.45) is 3.91. The highest BCUT2D eigenvalue weighted by atomic mass is 15.2. The van der Waals surface area contributed by atoms with Crippen LogP contribution in [0.15, 0.2) is 30.6 Å². The van der Waals surface area contributed by atoms with Gasteiger partial charge in [0.2, 0.25) is 0 Å². The van der Waals surface area contributed by atoms with Crippen LogP contribution in [0.25, 0.3) is 0 Å². The summed E-state index contributed by atoms with van der Waals surface area (Å²) in [5.74, 6) is 0. The Morgan fingerprint density at radius 3 is 2.63 bits per heavy atom. The molecule has 1 unspecified atom stereocenters. The van der Waals surface area contributed by atoms with Crippen LogP contribution >= 0.6 is 0 Å². The number of benzene rings is 1. The second kappa shape index (κ2) is 5.45. The highest BCUT2D eigenvalue weighted by Gasteiger charge is 2.18. The van der Waals surface area contributed by atoms with Crippen LogP contribution in [-0.4, -0.2) is 23.4 Å². The Morgan fingerprint density at radius 1 is 1.37 bits per heavy atom. The number of hydrogen-bond acceptors (Lipinski definition) is 3. The highest BCUT2D eigenvalue weighted by molar-refractivity contribution is 5.55. The lowest BCUT2D eigenvalue weighted by Gasteiger charge is -2.30. The second-order valence-electron chi connectivity index (χ2n) is 5.10. The van der Waals surface area contributed by atoms with Gasteiger partial charge in [0.25, 0.3) is 0 Å². The lowest BCUT2D eigenvalue weighted by molar-refractivity contribution is 0.677. The average Bonchev–Trinajstić information content (AvgIpc) is 2.76. The van der Waals surface area contributed by atoms with E-state index >= 15 is 0 Å². The molecule has 1 aromatic carbocycles. The van der Waals surface area contributed by atoms with E-state index in [9.17, 15) is 0 Å². The minimum Gasteiger partial charge on any atom is -0.366 e. The summed E-state index contributed by atoms with van der Waals surface area (Å²) in [6.45, 7) is 4.81. The Hall–Kier alpha value is -1.81. The van der Waals surface area contributed by atoms with Crippen molar-refractivity contribution in [3.8, 4) is 0 Å². The van der Waals surface area contributed by atoms with Gasteiger partial charge >= 0.3 is 0 Å². The van der Waals surface area contributed by atoms with Gasteiger partial charge in [0.05, 0.1) is 12.2 Å². The molecule has 1 atom stereocenters. The van der Waals surface area contributed by atoms with Gasteiger partial charge in [-0.25, -0.2) is 0 Å². The van der Waals surface area contributed by atoms with Gasteiger partial charge < -0.3 is 10.6 Å². The van der Waals surface area contributed by atoms with Crippen LogP contribution < -0.4 is 10.6 Å². The Bertz CT molecular complexity index is 559. The lowest BCUT2D eigenvalue weighted by Crippen LogP contribution is -2.30. The molecule has 2 rings (SSSR count). The van der Waals surface area contributed by atoms with Crippen molar-refractivity contribution in [3.63, 3.8) is 0 Å². The first-order valence-electron chi connectivity index (χ1n) is 6.51. The molecule has 0 spiro atoms. The van der Waals surface area contributed by atoms with Crippen molar-refractivity contribution in [1.82, 2.24) is 9.78 Å². The molecular weight excluding hydrogens is 236 g/mol. The topological polar surface area (TPSA) is 47.1 Å². The fraction of sp³-hybridized carbons (Fsp3) is 0.400. The van der Waals surface area contributed by atoms with Crippen molar-refractivity contribution in [2.75, 3.05) is 18.5 Å². The summed E-state index contributed by atoms with van der Waals surface area (Å²) >= 11 is 0. The summed E-state index contributed by atoms with van der Waals surface area (Å²) in [5.41, 5.74) is 10.9. The van der Waals surface area contributed by atoms with E-state index in [0.717, 1.165) is 5.56 Å². The fourth-order valence-corrected chi connectivity index (χ4v) is 2.50. The molecule has 2 aromatic rings. The Labute approximate surface area is 114 Å². The van der Waals surface area contributed by atoms with E-state index in [1.165, 1.54) is 16.8 Å². The third kappa shape index (κ3) is 2.79. The van der Waals surface area contributed by atoms with Crippen molar-refractivity contribution in [2.24, 2.45) is 12.8 Å². The van der Waals surface area contributed by atoms with E-state index in [1.54, 1.807) is 0 Å². The van der Waals surface area contributed by atoms with E-state index in [2.05, 4.69) is 49.1 Å². The minimum atomic E-state index is 0.148. The van der Waals surface area contributed by atoms with Crippen LogP contribution in [-0.2, 0) is 7.05 Å². The zero-order valence-electron chi connectivity index (χ0n) is 12.1. The molecule has 0 saturated carbocycles. The summed E-state index contributed by atoms with van der Waals surface area (Å²) in [4.78, 5) is 2.23. The molecule has 0 radical (unpaired) electrons. The smallest absolute Gasteiger partial charge is 0.0692 e. The standard InChI is InChI=1S/C15H22N4/c1-11-5-6-14(12(2)7-11)19(4)15(8-16)13-9-17-18(3)10-13/h5-7,9-10,15H,8,16H2,1-4H3. The van der Waals surface area contributed by atoms with Gasteiger partial charge in [0, 0.05) is 38.1 Å². The third-order valence-electron chi connectivity index (χ3n) is 3.53. The number of aromatic nitrogens is 2. The molecule has 4 heteroatoms. The zero-order valence-corrected chi connectivity index (χ0v) is 12.1. The monoisotopic (exact) mass is 258 g/mol. The van der Waals surface area contributed by atoms with Crippen molar-refractivity contribution in [1.29, 1.82) is 0 Å². The minimum absolute atomic E-state index is 0.148. The average molecular weight is 258 g/mol. The first-order chi connectivity index (χ1) is 9.02. The summed E-state index contributed by atoms with van der Waals surface area (Å²) in [5, 5.41) is 4.23. The van der Waals surface area contributed by atoms with Crippen molar-refractivity contribution in [2.45, 2.75) is 19.9 Å². The number of likely N-dealkylation sites (N-methyl/N-ethyl adjacent to an activating group) is 1. The Kier molecular flexibility index (Phi) is 3.90. The molecule has 0 aliphatic rings. The summed E-state index contributed by atoms with van der Waals surface area (Å²) in [6, 6.07) is 6.64. The van der Waals surface area contributed by atoms with Crippen molar-refractivity contribution >= 4 is 5.69 Å². The van der Waals surface area contributed by atoms with Gasteiger partial charge in [0.15, 0.2) is 0 Å². The molecule has 0 aliphatic carbocycles. The van der Waals surface area contributed by atoms with Gasteiger partial charge in [-0.15, -0.1) is 0 Å². The van der Waals surface area contributed by atoms with Crippen LogP contribution in [0.3, 0.4) is 0 Å². The van der Waals surface area contributed by atoms with Gasteiger partial charge in [-0.3, -0.25) is 4.68 Å². The first kappa shape index (κ1) is 13.6. The number of hydrogen-bond donors (Lipinski definition) is 1. The molecule has 0 saturated heterocycles. The zero-order chi connectivity index (χ0) is 14.0. The SMILES string of the molecule is Cc1ccc(N(C)C(CN)c2cnn(C)c2)c(C)c1. The summed E-state index contributed by atoms with van der Waals surface area (Å²) in [7, 11) is 4.01. The van der Waals surface area contributed by atoms with Crippen molar-refractivity contribution in [3.05, 3.63) is 47.3 Å². The maximum Gasteiger partial charge on any atom is 0.0692 e. The highest BCUT2D eigenvalue weighted by Crippen LogP contribution is 2.27. The Morgan fingerprint density at radius 2 is 2.11 bits per heavy atom. The largest absolute Gasteiger partial charge is 0.366 e. The molecule has 1 heterocycles. The van der Waals surface area contributed by atoms with Gasteiger partial charge in [-0.1, -0.05) is 17.7 Å². The van der Waals surface area contributed by atoms with Gasteiger partial charge in [-0.2, -0.15) is 5.10 Å². The van der Waals surface area contributed by atoms with Crippen LogP contribution in [0.5, 0.6) is 0 Å². The number of anilines is 1. The van der Waals surface area contributed by atoms with Crippen LogP contribution in [0.2, 0.25) is 0 Å². The normalized spacial score (nSPS) is 12.5. The maximum absolute atomic E-state index is 5.95. The first-order valence-corrected chi connectivity index (χ1v) is 6.51. The fourth-order valence-electron chi connectivity index (χ4n) is 2.50. The predicted octanol–water partition coefficient (Wildman–Crippen LogP) is 2.17. The van der Waals surface area contributed by atoms with E-state index in [4.69, 9.17) is 5.73 Å². The van der Waals surface area contributed by atoms with Crippen LogP contribution in [0.1, 0.15) is 22.7 Å². The molecule has 0 bridgehead atoms. The van der Waals surface area contributed by atoms with E-state index in [0.29, 0.717) is 6.54 Å². The molecule has 0 amide bonds. The van der Waals surface area contributed by atoms with E-state index in [1.807, 2.05) is 24.1 Å². The predicted molar refractivity (Wildman–Crippen MR) is 79.3 cm³/mol. The van der Waals surface area contributed by atoms with Gasteiger partial charge in [-0.05, 0) is 25.5 Å². The molecule has 102 valence electrons. The molecule has 4 nitrogen and oxygen atoms in total. The molecule has 2 N–H and O–H groups in total. The number of rotatable bonds is 4. The number of nitrogens with two attached hydrogens (primary N) is 1. The molecular formula is C15H22N4. The maximum atomic E-state index is 5.95. The van der Waals surface area contributed by atoms with Crippen LogP contribution in [0, 0.1) is 13.8 Å². The van der Waals surface area contributed by atoms with Gasteiger partial charge in [0.1, 0.15) is 0 Å². The molecule has 0 aliphatic heterocycles. The number of nitrogens with zero attached hydrogens (tertiary/aromatic N) is 3. The number of aryl methyl sites for hydroxylation is 3.